The molecule has 1 rings (SSSR count). The molecule has 17 heavy (non-hydrogen) atoms. The fraction of sp³-hybridized carbons (Fsp3) is 0.462. The van der Waals surface area contributed by atoms with Crippen molar-refractivity contribution >= 4 is 17.5 Å². The highest BCUT2D eigenvalue weighted by molar-refractivity contribution is 6.30. The van der Waals surface area contributed by atoms with E-state index in [0.29, 0.717) is 24.4 Å². The van der Waals surface area contributed by atoms with Gasteiger partial charge in [0.05, 0.1) is 0 Å². The molecular formula is C13H19ClN2O. The first kappa shape index (κ1) is 14.0. The molecule has 3 nitrogen and oxygen atoms in total. The number of rotatable bonds is 5. The first-order valence-electron chi connectivity index (χ1n) is 5.67. The van der Waals surface area contributed by atoms with Gasteiger partial charge in [-0.05, 0) is 38.0 Å². The molecule has 0 aliphatic heterocycles. The van der Waals surface area contributed by atoms with E-state index in [0.717, 1.165) is 5.56 Å². The van der Waals surface area contributed by atoms with Gasteiger partial charge in [0, 0.05) is 23.5 Å². The number of amides is 1. The van der Waals surface area contributed by atoms with Crippen molar-refractivity contribution in [1.82, 2.24) is 5.32 Å². The Kier molecular flexibility index (Phi) is 4.97. The van der Waals surface area contributed by atoms with Gasteiger partial charge in [0.1, 0.15) is 0 Å². The second-order valence-corrected chi connectivity index (χ2v) is 5.33. The Bertz CT molecular complexity index is 385. The fourth-order valence-electron chi connectivity index (χ4n) is 1.37. The quantitative estimate of drug-likeness (QED) is 0.848. The molecule has 0 atom stereocenters. The number of halogens is 1. The van der Waals surface area contributed by atoms with Crippen molar-refractivity contribution in [1.29, 1.82) is 0 Å². The number of hydrogen-bond donors (Lipinski definition) is 2. The molecule has 1 amide bonds. The molecule has 3 N–H and O–H groups in total. The summed E-state index contributed by atoms with van der Waals surface area (Å²) in [7, 11) is 0. The van der Waals surface area contributed by atoms with Crippen LogP contribution in [-0.4, -0.2) is 11.4 Å². The van der Waals surface area contributed by atoms with E-state index >= 15 is 0 Å². The summed E-state index contributed by atoms with van der Waals surface area (Å²) >= 11 is 5.85. The van der Waals surface area contributed by atoms with E-state index < -0.39 is 0 Å². The van der Waals surface area contributed by atoms with Crippen LogP contribution in [0.5, 0.6) is 0 Å². The van der Waals surface area contributed by atoms with E-state index in [1.165, 1.54) is 0 Å². The van der Waals surface area contributed by atoms with Crippen LogP contribution in [0.15, 0.2) is 24.3 Å². The number of benzene rings is 1. The maximum atomic E-state index is 11.5. The van der Waals surface area contributed by atoms with E-state index in [1.54, 1.807) is 0 Å². The lowest BCUT2D eigenvalue weighted by Crippen LogP contribution is -2.34. The second kappa shape index (κ2) is 6.03. The summed E-state index contributed by atoms with van der Waals surface area (Å²) in [6.45, 7) is 4.33. The topological polar surface area (TPSA) is 55.1 Å². The molecule has 0 aromatic heterocycles. The summed E-state index contributed by atoms with van der Waals surface area (Å²) in [4.78, 5) is 11.5. The summed E-state index contributed by atoms with van der Waals surface area (Å²) in [6.07, 6.45) is 1.12. The molecule has 94 valence electrons. The monoisotopic (exact) mass is 254 g/mol. The zero-order chi connectivity index (χ0) is 12.9. The minimum Gasteiger partial charge on any atom is -0.352 e. The van der Waals surface area contributed by atoms with Crippen LogP contribution in [-0.2, 0) is 11.3 Å². The third-order valence-corrected chi connectivity index (χ3v) is 2.61. The van der Waals surface area contributed by atoms with E-state index in [9.17, 15) is 4.79 Å². The van der Waals surface area contributed by atoms with Crippen molar-refractivity contribution in [2.45, 2.75) is 38.8 Å². The normalized spacial score (nSPS) is 11.3. The number of nitrogens with one attached hydrogen (secondary N) is 1. The molecule has 4 heteroatoms. The van der Waals surface area contributed by atoms with E-state index in [-0.39, 0.29) is 11.4 Å². The Morgan fingerprint density at radius 2 is 2.18 bits per heavy atom. The van der Waals surface area contributed by atoms with Gasteiger partial charge >= 0.3 is 0 Å². The van der Waals surface area contributed by atoms with Crippen molar-refractivity contribution in [3.63, 3.8) is 0 Å². The molecule has 0 heterocycles. The molecule has 0 unspecified atom stereocenters. The van der Waals surface area contributed by atoms with E-state index in [4.69, 9.17) is 17.3 Å². The number of nitrogens with two attached hydrogens (primary N) is 1. The Hall–Kier alpha value is -1.06. The highest BCUT2D eigenvalue weighted by Gasteiger charge is 2.12. The Morgan fingerprint density at radius 1 is 1.47 bits per heavy atom. The lowest BCUT2D eigenvalue weighted by atomic mass is 10.00. The number of carbonyl (C=O) groups is 1. The van der Waals surface area contributed by atoms with Gasteiger partial charge < -0.3 is 11.1 Å². The first-order chi connectivity index (χ1) is 7.87. The van der Waals surface area contributed by atoms with Crippen molar-refractivity contribution in [2.24, 2.45) is 5.73 Å². The highest BCUT2D eigenvalue weighted by Crippen LogP contribution is 2.11. The van der Waals surface area contributed by atoms with Crippen molar-refractivity contribution in [2.75, 3.05) is 0 Å². The summed E-state index contributed by atoms with van der Waals surface area (Å²) in [5.74, 6) is 0.0171. The third kappa shape index (κ3) is 6.29. The molecule has 0 aliphatic rings. The highest BCUT2D eigenvalue weighted by atomic mass is 35.5. The number of carbonyl (C=O) groups excluding carboxylic acids is 1. The zero-order valence-electron chi connectivity index (χ0n) is 10.3. The largest absolute Gasteiger partial charge is 0.352 e. The van der Waals surface area contributed by atoms with E-state index in [1.807, 2.05) is 38.1 Å². The van der Waals surface area contributed by atoms with Gasteiger partial charge in [0.15, 0.2) is 0 Å². The summed E-state index contributed by atoms with van der Waals surface area (Å²) in [6, 6.07) is 7.45. The predicted molar refractivity (Wildman–Crippen MR) is 70.8 cm³/mol. The minimum atomic E-state index is -0.298. The molecule has 0 saturated heterocycles. The molecule has 0 radical (unpaired) electrons. The van der Waals surface area contributed by atoms with Crippen LogP contribution >= 0.6 is 11.6 Å². The molecule has 1 aromatic carbocycles. The Balaban J connectivity index is 2.33. The van der Waals surface area contributed by atoms with E-state index in [2.05, 4.69) is 5.32 Å². The summed E-state index contributed by atoms with van der Waals surface area (Å²) < 4.78 is 0. The van der Waals surface area contributed by atoms with Gasteiger partial charge in [0.25, 0.3) is 0 Å². The lowest BCUT2D eigenvalue weighted by Gasteiger charge is -2.17. The molecular weight excluding hydrogens is 236 g/mol. The van der Waals surface area contributed by atoms with Gasteiger partial charge in [-0.2, -0.15) is 0 Å². The molecule has 0 fully saturated rings. The van der Waals surface area contributed by atoms with Crippen molar-refractivity contribution < 1.29 is 4.79 Å². The molecule has 0 bridgehead atoms. The predicted octanol–water partition coefficient (Wildman–Crippen LogP) is 2.47. The molecule has 0 aliphatic carbocycles. The zero-order valence-corrected chi connectivity index (χ0v) is 11.1. The Morgan fingerprint density at radius 3 is 2.76 bits per heavy atom. The summed E-state index contributed by atoms with van der Waals surface area (Å²) in [5.41, 5.74) is 6.51. The van der Waals surface area contributed by atoms with Gasteiger partial charge in [-0.1, -0.05) is 23.7 Å². The Labute approximate surface area is 107 Å². The molecule has 0 saturated carbocycles. The van der Waals surface area contributed by atoms with Gasteiger partial charge in [0.2, 0.25) is 5.91 Å². The van der Waals surface area contributed by atoms with Crippen molar-refractivity contribution in [3.05, 3.63) is 34.9 Å². The standard InChI is InChI=1S/C13H19ClN2O/c1-13(2,15)7-6-12(17)16-9-10-4-3-5-11(14)8-10/h3-5,8H,6-7,9,15H2,1-2H3,(H,16,17). The third-order valence-electron chi connectivity index (χ3n) is 2.38. The molecule has 1 aromatic rings. The number of hydrogen-bond acceptors (Lipinski definition) is 2. The van der Waals surface area contributed by atoms with Crippen LogP contribution < -0.4 is 11.1 Å². The summed E-state index contributed by atoms with van der Waals surface area (Å²) in [5, 5.41) is 3.53. The SMILES string of the molecule is CC(C)(N)CCC(=O)NCc1cccc(Cl)c1. The van der Waals surface area contributed by atoms with Crippen LogP contribution in [0.2, 0.25) is 5.02 Å². The average molecular weight is 255 g/mol. The van der Waals surface area contributed by atoms with Crippen LogP contribution in [0.4, 0.5) is 0 Å². The van der Waals surface area contributed by atoms with Crippen LogP contribution in [0.3, 0.4) is 0 Å². The van der Waals surface area contributed by atoms with Crippen LogP contribution in [0.1, 0.15) is 32.3 Å². The van der Waals surface area contributed by atoms with Crippen molar-refractivity contribution in [3.8, 4) is 0 Å². The fourth-order valence-corrected chi connectivity index (χ4v) is 1.58. The average Bonchev–Trinajstić information content (AvgIpc) is 2.23. The maximum Gasteiger partial charge on any atom is 0.220 e. The smallest absolute Gasteiger partial charge is 0.220 e. The van der Waals surface area contributed by atoms with Gasteiger partial charge in [-0.3, -0.25) is 4.79 Å². The maximum absolute atomic E-state index is 11.5. The van der Waals surface area contributed by atoms with Gasteiger partial charge in [-0.15, -0.1) is 0 Å². The minimum absolute atomic E-state index is 0.0171. The van der Waals surface area contributed by atoms with Crippen LogP contribution in [0.25, 0.3) is 0 Å². The molecule has 0 spiro atoms. The lowest BCUT2D eigenvalue weighted by molar-refractivity contribution is -0.121. The van der Waals surface area contributed by atoms with Crippen LogP contribution in [0, 0.1) is 0 Å². The first-order valence-corrected chi connectivity index (χ1v) is 6.05. The van der Waals surface area contributed by atoms with Gasteiger partial charge in [-0.25, -0.2) is 0 Å². The second-order valence-electron chi connectivity index (χ2n) is 4.90.